The molecule has 8 heteroatoms. The van der Waals surface area contributed by atoms with Crippen LogP contribution in [0.1, 0.15) is 37.0 Å². The highest BCUT2D eigenvalue weighted by molar-refractivity contribution is 7.99. The number of halogens is 2. The Balaban J connectivity index is 1.96. The molecule has 2 N–H and O–H groups in total. The zero-order chi connectivity index (χ0) is 21.4. The summed E-state index contributed by atoms with van der Waals surface area (Å²) >= 11 is 15.6. The van der Waals surface area contributed by atoms with Gasteiger partial charge in [-0.25, -0.2) is 0 Å². The maximum atomic E-state index is 13.2. The molecule has 0 saturated carbocycles. The van der Waals surface area contributed by atoms with Crippen LogP contribution in [0.2, 0.25) is 10.0 Å². The number of hydrogen-bond donors (Lipinski definition) is 1. The summed E-state index contributed by atoms with van der Waals surface area (Å²) in [5, 5.41) is 12.9. The summed E-state index contributed by atoms with van der Waals surface area (Å²) in [6, 6.07) is 9.59. The lowest BCUT2D eigenvalue weighted by atomic mass is 9.78. The lowest BCUT2D eigenvalue weighted by Crippen LogP contribution is -2.38. The van der Waals surface area contributed by atoms with Crippen LogP contribution >= 0.6 is 46.3 Å². The van der Waals surface area contributed by atoms with Gasteiger partial charge < -0.3 is 5.73 Å². The molecule has 1 aliphatic heterocycles. The molecule has 4 nitrogen and oxygen atoms in total. The Morgan fingerprint density at radius 2 is 2.10 bits per heavy atom. The normalized spacial score (nSPS) is 19.2. The molecule has 0 saturated heterocycles. The summed E-state index contributed by atoms with van der Waals surface area (Å²) < 4.78 is 0. The first-order valence-electron chi connectivity index (χ1n) is 9.59. The molecular weight excluding hydrogens is 457 g/mol. The van der Waals surface area contributed by atoms with Gasteiger partial charge in [0, 0.05) is 33.2 Å². The number of hydrogen-bond acceptors (Lipinski definition) is 6. The van der Waals surface area contributed by atoms with E-state index in [-0.39, 0.29) is 5.78 Å². The fraction of sp³-hybridized carbons (Fsp3) is 0.273. The number of nitrogens with zero attached hydrogens (tertiary/aromatic N) is 2. The Morgan fingerprint density at radius 3 is 2.80 bits per heavy atom. The van der Waals surface area contributed by atoms with E-state index in [1.165, 1.54) is 0 Å². The molecule has 154 valence electrons. The van der Waals surface area contributed by atoms with Gasteiger partial charge in [-0.05, 0) is 48.2 Å². The predicted octanol–water partition coefficient (Wildman–Crippen LogP) is 6.47. The van der Waals surface area contributed by atoms with Gasteiger partial charge in [0.2, 0.25) is 0 Å². The molecule has 1 atom stereocenters. The number of ketones is 1. The minimum atomic E-state index is -0.425. The highest BCUT2D eigenvalue weighted by Gasteiger charge is 2.41. The van der Waals surface area contributed by atoms with Gasteiger partial charge >= 0.3 is 0 Å². The van der Waals surface area contributed by atoms with Gasteiger partial charge in [0.1, 0.15) is 5.82 Å². The second-order valence-electron chi connectivity index (χ2n) is 7.00. The zero-order valence-corrected chi connectivity index (χ0v) is 19.4. The molecule has 0 amide bonds. The highest BCUT2D eigenvalue weighted by Crippen LogP contribution is 2.49. The maximum Gasteiger partial charge on any atom is 0.161 e. The molecular formula is C22H19Cl2N3OS2. The predicted molar refractivity (Wildman–Crippen MR) is 125 cm³/mol. The second-order valence-corrected chi connectivity index (χ2v) is 10.1. The van der Waals surface area contributed by atoms with Crippen molar-refractivity contribution in [3.05, 3.63) is 67.2 Å². The summed E-state index contributed by atoms with van der Waals surface area (Å²) in [5.74, 6) is 0.903. The largest absolute Gasteiger partial charge is 0.384 e. The molecule has 1 aromatic heterocycles. The van der Waals surface area contributed by atoms with Crippen molar-refractivity contribution in [3.8, 4) is 6.07 Å². The Labute approximate surface area is 194 Å². The molecule has 30 heavy (non-hydrogen) atoms. The highest BCUT2D eigenvalue weighted by atomic mass is 35.5. The standard InChI is InChI=1S/C22H19Cl2N3OS2/c1-2-29-18-8-9-30-21(18)19-13(11-25)22(26)27(12-6-7-14(23)15(24)10-12)16-4-3-5-17(28)20(16)19/h6-10,19H,2-5,26H2,1H3/t19-/m0/s1. The van der Waals surface area contributed by atoms with E-state index in [4.69, 9.17) is 28.9 Å². The van der Waals surface area contributed by atoms with Crippen molar-refractivity contribution in [3.63, 3.8) is 0 Å². The number of anilines is 1. The Bertz CT molecular complexity index is 1130. The average molecular weight is 476 g/mol. The van der Waals surface area contributed by atoms with Crippen LogP contribution in [-0.4, -0.2) is 11.5 Å². The van der Waals surface area contributed by atoms with E-state index < -0.39 is 5.92 Å². The minimum absolute atomic E-state index is 0.0763. The fourth-order valence-corrected chi connectivity index (χ4v) is 6.40. The number of rotatable bonds is 4. The number of carbonyl (C=O) groups is 1. The number of thioether (sulfide) groups is 1. The summed E-state index contributed by atoms with van der Waals surface area (Å²) in [6.07, 6.45) is 1.93. The minimum Gasteiger partial charge on any atom is -0.384 e. The molecule has 0 spiro atoms. The molecule has 0 unspecified atom stereocenters. The molecule has 0 radical (unpaired) electrons. The van der Waals surface area contributed by atoms with Crippen LogP contribution in [0.4, 0.5) is 5.69 Å². The van der Waals surface area contributed by atoms with Gasteiger partial charge in [-0.1, -0.05) is 30.1 Å². The van der Waals surface area contributed by atoms with Crippen LogP contribution in [0.5, 0.6) is 0 Å². The van der Waals surface area contributed by atoms with Crippen LogP contribution in [0.3, 0.4) is 0 Å². The van der Waals surface area contributed by atoms with E-state index in [1.807, 2.05) is 16.3 Å². The van der Waals surface area contributed by atoms with Crippen molar-refractivity contribution in [2.75, 3.05) is 10.7 Å². The van der Waals surface area contributed by atoms with E-state index in [0.717, 1.165) is 27.6 Å². The molecule has 2 aromatic rings. The van der Waals surface area contributed by atoms with Crippen molar-refractivity contribution in [1.82, 2.24) is 0 Å². The Morgan fingerprint density at radius 1 is 1.30 bits per heavy atom. The molecule has 0 bridgehead atoms. The smallest absolute Gasteiger partial charge is 0.161 e. The zero-order valence-electron chi connectivity index (χ0n) is 16.2. The summed E-state index contributed by atoms with van der Waals surface area (Å²) in [5.41, 5.74) is 9.22. The Hall–Kier alpha value is -1.91. The molecule has 2 aliphatic rings. The third-order valence-corrected chi connectivity index (χ3v) is 8.10. The van der Waals surface area contributed by atoms with Gasteiger partial charge in [0.15, 0.2) is 5.78 Å². The summed E-state index contributed by atoms with van der Waals surface area (Å²) in [6.45, 7) is 2.09. The van der Waals surface area contributed by atoms with Crippen LogP contribution in [0, 0.1) is 11.3 Å². The number of thiophene rings is 1. The van der Waals surface area contributed by atoms with Crippen molar-refractivity contribution >= 4 is 57.8 Å². The SMILES string of the molecule is CCSc1ccsc1[C@H]1C(C#N)=C(N)N(c2ccc(Cl)c(Cl)c2)C2=C1C(=O)CCC2. The van der Waals surface area contributed by atoms with Gasteiger partial charge in [0.25, 0.3) is 0 Å². The van der Waals surface area contributed by atoms with Crippen molar-refractivity contribution in [1.29, 1.82) is 5.26 Å². The molecule has 4 rings (SSSR count). The van der Waals surface area contributed by atoms with Gasteiger partial charge in [-0.15, -0.1) is 23.1 Å². The number of allylic oxidation sites excluding steroid dienone is 3. The van der Waals surface area contributed by atoms with Gasteiger partial charge in [-0.2, -0.15) is 5.26 Å². The summed E-state index contributed by atoms with van der Waals surface area (Å²) in [7, 11) is 0. The molecule has 1 aromatic carbocycles. The lowest BCUT2D eigenvalue weighted by Gasteiger charge is -2.39. The average Bonchev–Trinajstić information content (AvgIpc) is 3.18. The number of nitriles is 1. The van der Waals surface area contributed by atoms with Gasteiger partial charge in [0.05, 0.1) is 27.6 Å². The second kappa shape index (κ2) is 8.68. The molecule has 0 fully saturated rings. The topological polar surface area (TPSA) is 70.1 Å². The van der Waals surface area contributed by atoms with Crippen molar-refractivity contribution < 1.29 is 4.79 Å². The maximum absolute atomic E-state index is 13.2. The Kier molecular flexibility index (Phi) is 6.17. The third kappa shape index (κ3) is 3.54. The van der Waals surface area contributed by atoms with E-state index in [1.54, 1.807) is 35.2 Å². The lowest BCUT2D eigenvalue weighted by molar-refractivity contribution is -0.116. The van der Waals surface area contributed by atoms with Gasteiger partial charge in [-0.3, -0.25) is 9.69 Å². The number of Topliss-reactive ketones (excluding diaryl/α,β-unsaturated/α-hetero) is 1. The monoisotopic (exact) mass is 475 g/mol. The van der Waals surface area contributed by atoms with E-state index in [0.29, 0.717) is 45.5 Å². The van der Waals surface area contributed by atoms with Crippen LogP contribution in [-0.2, 0) is 4.79 Å². The van der Waals surface area contributed by atoms with Crippen LogP contribution < -0.4 is 10.6 Å². The van der Waals surface area contributed by atoms with E-state index in [9.17, 15) is 10.1 Å². The third-order valence-electron chi connectivity index (χ3n) is 5.29. The molecule has 2 heterocycles. The number of carbonyl (C=O) groups excluding carboxylic acids is 1. The quantitative estimate of drug-likeness (QED) is 0.512. The van der Waals surface area contributed by atoms with E-state index in [2.05, 4.69) is 19.1 Å². The van der Waals surface area contributed by atoms with Crippen molar-refractivity contribution in [2.45, 2.75) is 37.0 Å². The van der Waals surface area contributed by atoms with E-state index >= 15 is 0 Å². The first kappa shape index (κ1) is 21.3. The molecule has 1 aliphatic carbocycles. The summed E-state index contributed by atoms with van der Waals surface area (Å²) in [4.78, 5) is 17.1. The first-order chi connectivity index (χ1) is 14.5. The first-order valence-corrected chi connectivity index (χ1v) is 12.2. The van der Waals surface area contributed by atoms with Crippen molar-refractivity contribution in [2.24, 2.45) is 5.73 Å². The van der Waals surface area contributed by atoms with Crippen LogP contribution in [0.25, 0.3) is 0 Å². The number of benzene rings is 1. The fourth-order valence-electron chi connectivity index (χ4n) is 4.06. The van der Waals surface area contributed by atoms with Crippen LogP contribution in [0.15, 0.2) is 57.2 Å². The number of nitrogens with two attached hydrogens (primary N) is 1.